The van der Waals surface area contributed by atoms with E-state index in [0.29, 0.717) is 12.5 Å². The molecule has 1 saturated heterocycles. The number of aromatic nitrogens is 1. The van der Waals surface area contributed by atoms with E-state index in [9.17, 15) is 0 Å². The zero-order valence-electron chi connectivity index (χ0n) is 14.6. The van der Waals surface area contributed by atoms with Crippen LogP contribution in [-0.4, -0.2) is 42.6 Å². The molecule has 0 bridgehead atoms. The van der Waals surface area contributed by atoms with Gasteiger partial charge in [0.15, 0.2) is 0 Å². The summed E-state index contributed by atoms with van der Waals surface area (Å²) in [5.41, 5.74) is -0.159. The summed E-state index contributed by atoms with van der Waals surface area (Å²) in [6.45, 7) is 12.5. The fourth-order valence-corrected chi connectivity index (χ4v) is 1.90. The molecule has 1 aromatic heterocycles. The molecule has 1 aromatic rings. The molecule has 1 aliphatic heterocycles. The van der Waals surface area contributed by atoms with E-state index in [-0.39, 0.29) is 16.8 Å². The van der Waals surface area contributed by atoms with E-state index < -0.39 is 7.12 Å². The number of pyridine rings is 1. The van der Waals surface area contributed by atoms with Crippen LogP contribution < -0.4 is 10.2 Å². The third-order valence-corrected chi connectivity index (χ3v) is 4.40. The molecular formula is C16H26BNO4. The van der Waals surface area contributed by atoms with Crippen LogP contribution in [0.15, 0.2) is 18.3 Å². The summed E-state index contributed by atoms with van der Waals surface area (Å²) in [6, 6.07) is 3.75. The largest absolute Gasteiger partial charge is 0.496 e. The van der Waals surface area contributed by atoms with E-state index >= 15 is 0 Å². The van der Waals surface area contributed by atoms with Gasteiger partial charge in [0.1, 0.15) is 6.61 Å². The molecule has 2 rings (SSSR count). The number of hydrogen-bond acceptors (Lipinski definition) is 5. The van der Waals surface area contributed by atoms with Gasteiger partial charge in [-0.05, 0) is 47.6 Å². The standard InChI is InChI=1S/C16H26BNO4/c1-14(2,19-7)11-20-13-9-8-12(10-18-13)17-21-15(3,4)16(5,6)22-17/h8-10H,11H2,1-7H3. The van der Waals surface area contributed by atoms with Crippen molar-refractivity contribution in [3.05, 3.63) is 18.3 Å². The SMILES string of the molecule is COC(C)(C)COc1ccc(B2OC(C)(C)C(C)(C)O2)cn1. The lowest BCUT2D eigenvalue weighted by molar-refractivity contribution is -0.0157. The van der Waals surface area contributed by atoms with Crippen LogP contribution in [0.3, 0.4) is 0 Å². The average Bonchev–Trinajstić information content (AvgIpc) is 2.66. The van der Waals surface area contributed by atoms with E-state index in [0.717, 1.165) is 5.46 Å². The van der Waals surface area contributed by atoms with Gasteiger partial charge in [0.2, 0.25) is 5.88 Å². The average molecular weight is 307 g/mol. The van der Waals surface area contributed by atoms with E-state index in [1.54, 1.807) is 13.3 Å². The second-order valence-electron chi connectivity index (χ2n) is 7.27. The number of ether oxygens (including phenoxy) is 2. The molecule has 0 radical (unpaired) electrons. The van der Waals surface area contributed by atoms with Crippen molar-refractivity contribution in [2.24, 2.45) is 0 Å². The lowest BCUT2D eigenvalue weighted by Gasteiger charge is -2.32. The Labute approximate surface area is 133 Å². The highest BCUT2D eigenvalue weighted by Gasteiger charge is 2.51. The van der Waals surface area contributed by atoms with Crippen LogP contribution in [0.1, 0.15) is 41.5 Å². The normalized spacial score (nSPS) is 20.2. The van der Waals surface area contributed by atoms with Gasteiger partial charge >= 0.3 is 7.12 Å². The monoisotopic (exact) mass is 307 g/mol. The molecule has 22 heavy (non-hydrogen) atoms. The Morgan fingerprint density at radius 1 is 1.14 bits per heavy atom. The molecule has 0 amide bonds. The zero-order valence-corrected chi connectivity index (χ0v) is 14.6. The van der Waals surface area contributed by atoms with Crippen molar-refractivity contribution in [1.82, 2.24) is 4.98 Å². The summed E-state index contributed by atoms with van der Waals surface area (Å²) in [5.74, 6) is 0.561. The first kappa shape index (κ1) is 17.3. The first-order valence-corrected chi connectivity index (χ1v) is 7.56. The number of methoxy groups -OCH3 is 1. The van der Waals surface area contributed by atoms with Gasteiger partial charge in [-0.25, -0.2) is 4.98 Å². The van der Waals surface area contributed by atoms with Crippen LogP contribution in [0.2, 0.25) is 0 Å². The first-order chi connectivity index (χ1) is 10.1. The van der Waals surface area contributed by atoms with Crippen LogP contribution in [-0.2, 0) is 14.0 Å². The van der Waals surface area contributed by atoms with Gasteiger partial charge < -0.3 is 18.8 Å². The van der Waals surface area contributed by atoms with E-state index in [4.69, 9.17) is 18.8 Å². The van der Waals surface area contributed by atoms with E-state index in [2.05, 4.69) is 4.98 Å². The van der Waals surface area contributed by atoms with Gasteiger partial charge in [0.25, 0.3) is 0 Å². The Balaban J connectivity index is 2.01. The smallest absolute Gasteiger partial charge is 0.475 e. The molecule has 1 fully saturated rings. The van der Waals surface area contributed by atoms with Gasteiger partial charge in [0, 0.05) is 18.8 Å². The summed E-state index contributed by atoms with van der Waals surface area (Å²) in [6.07, 6.45) is 1.73. The van der Waals surface area contributed by atoms with Gasteiger partial charge in [0.05, 0.1) is 16.8 Å². The topological polar surface area (TPSA) is 49.8 Å². The Bertz CT molecular complexity index is 497. The second-order valence-corrected chi connectivity index (χ2v) is 7.27. The maximum atomic E-state index is 6.00. The molecule has 122 valence electrons. The fraction of sp³-hybridized carbons (Fsp3) is 0.688. The van der Waals surface area contributed by atoms with Gasteiger partial charge in [-0.1, -0.05) is 6.07 Å². The number of hydrogen-bond donors (Lipinski definition) is 0. The van der Waals surface area contributed by atoms with Crippen molar-refractivity contribution in [1.29, 1.82) is 0 Å². The predicted octanol–water partition coefficient (Wildman–Crippen LogP) is 2.18. The van der Waals surface area contributed by atoms with Crippen LogP contribution in [0.25, 0.3) is 0 Å². The lowest BCUT2D eigenvalue weighted by atomic mass is 9.80. The third-order valence-electron chi connectivity index (χ3n) is 4.40. The van der Waals surface area contributed by atoms with E-state index in [1.165, 1.54) is 0 Å². The Kier molecular flexibility index (Phi) is 4.57. The van der Waals surface area contributed by atoms with Crippen molar-refractivity contribution in [3.8, 4) is 5.88 Å². The summed E-state index contributed by atoms with van der Waals surface area (Å²) in [7, 11) is 1.26. The van der Waals surface area contributed by atoms with Crippen LogP contribution >= 0.6 is 0 Å². The van der Waals surface area contributed by atoms with Crippen LogP contribution in [0.4, 0.5) is 0 Å². The van der Waals surface area contributed by atoms with Crippen LogP contribution in [0.5, 0.6) is 5.88 Å². The number of nitrogens with zero attached hydrogens (tertiary/aromatic N) is 1. The van der Waals surface area contributed by atoms with Gasteiger partial charge in [-0.2, -0.15) is 0 Å². The molecule has 0 atom stereocenters. The molecule has 0 N–H and O–H groups in total. The Hall–Kier alpha value is -1.11. The minimum absolute atomic E-state index is 0.341. The molecule has 1 aliphatic rings. The summed E-state index contributed by atoms with van der Waals surface area (Å²) >= 11 is 0. The maximum absolute atomic E-state index is 6.00. The minimum atomic E-state index is -0.401. The Morgan fingerprint density at radius 3 is 2.18 bits per heavy atom. The third kappa shape index (κ3) is 3.62. The minimum Gasteiger partial charge on any atom is -0.475 e. The quantitative estimate of drug-likeness (QED) is 0.781. The first-order valence-electron chi connectivity index (χ1n) is 7.56. The van der Waals surface area contributed by atoms with Crippen molar-refractivity contribution < 1.29 is 18.8 Å². The highest BCUT2D eigenvalue weighted by atomic mass is 16.7. The lowest BCUT2D eigenvalue weighted by Crippen LogP contribution is -2.41. The summed E-state index contributed by atoms with van der Waals surface area (Å²) in [4.78, 5) is 4.32. The molecule has 6 heteroatoms. The molecule has 5 nitrogen and oxygen atoms in total. The maximum Gasteiger partial charge on any atom is 0.496 e. The van der Waals surface area contributed by atoms with Crippen LogP contribution in [0, 0.1) is 0 Å². The number of rotatable bonds is 5. The van der Waals surface area contributed by atoms with Crippen molar-refractivity contribution in [2.75, 3.05) is 13.7 Å². The fourth-order valence-electron chi connectivity index (χ4n) is 1.90. The molecule has 2 heterocycles. The molecular weight excluding hydrogens is 281 g/mol. The zero-order chi connectivity index (χ0) is 16.6. The van der Waals surface area contributed by atoms with Crippen molar-refractivity contribution in [2.45, 2.75) is 58.3 Å². The highest BCUT2D eigenvalue weighted by molar-refractivity contribution is 6.62. The van der Waals surface area contributed by atoms with Gasteiger partial charge in [-0.3, -0.25) is 0 Å². The summed E-state index contributed by atoms with van der Waals surface area (Å²) in [5, 5.41) is 0. The van der Waals surface area contributed by atoms with Gasteiger partial charge in [-0.15, -0.1) is 0 Å². The van der Waals surface area contributed by atoms with Crippen molar-refractivity contribution >= 4 is 12.6 Å². The molecule has 0 unspecified atom stereocenters. The Morgan fingerprint density at radius 2 is 1.73 bits per heavy atom. The predicted molar refractivity (Wildman–Crippen MR) is 86.5 cm³/mol. The molecule has 0 aromatic carbocycles. The highest BCUT2D eigenvalue weighted by Crippen LogP contribution is 2.36. The molecule has 0 aliphatic carbocycles. The summed E-state index contributed by atoms with van der Waals surface area (Å²) < 4.78 is 23.0. The van der Waals surface area contributed by atoms with Crippen molar-refractivity contribution in [3.63, 3.8) is 0 Å². The van der Waals surface area contributed by atoms with E-state index in [1.807, 2.05) is 53.7 Å². The molecule has 0 saturated carbocycles. The second kappa shape index (κ2) is 5.83. The molecule has 0 spiro atoms.